The van der Waals surface area contributed by atoms with Gasteiger partial charge in [0.05, 0.1) is 17.4 Å². The minimum Gasteiger partial charge on any atom is -0.369 e. The number of carbonyl (C=O) groups excluding carboxylic acids is 1. The molecule has 2 N–H and O–H groups in total. The van der Waals surface area contributed by atoms with Gasteiger partial charge in [-0.3, -0.25) is 14.9 Å². The second-order valence-electron chi connectivity index (χ2n) is 2.99. The van der Waals surface area contributed by atoms with Crippen LogP contribution in [0.5, 0.6) is 0 Å². The van der Waals surface area contributed by atoms with E-state index in [-0.39, 0.29) is 12.0 Å². The van der Waals surface area contributed by atoms with Gasteiger partial charge < -0.3 is 5.73 Å². The molecule has 5 nitrogen and oxygen atoms in total. The van der Waals surface area contributed by atoms with E-state index in [1.54, 1.807) is 0 Å². The monoisotopic (exact) mass is 240 g/mol. The third-order valence-electron chi connectivity index (χ3n) is 1.72. The van der Waals surface area contributed by atoms with Crippen molar-refractivity contribution in [2.75, 3.05) is 0 Å². The number of halogens is 2. The Morgan fingerprint density at radius 2 is 2.00 bits per heavy atom. The highest BCUT2D eigenvalue weighted by molar-refractivity contribution is 5.76. The first-order valence-corrected chi connectivity index (χ1v) is 4.32. The van der Waals surface area contributed by atoms with Crippen LogP contribution in [0.25, 0.3) is 0 Å². The second-order valence-corrected chi connectivity index (χ2v) is 2.99. The summed E-state index contributed by atoms with van der Waals surface area (Å²) in [5.74, 6) is 1.11. The number of nitro groups is 1. The topological polar surface area (TPSA) is 86.2 Å². The van der Waals surface area contributed by atoms with Crippen LogP contribution in [0.3, 0.4) is 0 Å². The summed E-state index contributed by atoms with van der Waals surface area (Å²) in [5, 5.41) is 10.5. The summed E-state index contributed by atoms with van der Waals surface area (Å²) in [6.45, 7) is 0. The van der Waals surface area contributed by atoms with Crippen LogP contribution in [0.1, 0.15) is 12.0 Å². The number of nitrogens with zero attached hydrogens (tertiary/aromatic N) is 1. The van der Waals surface area contributed by atoms with Crippen LogP contribution in [0.4, 0.5) is 14.5 Å². The molecule has 0 fully saturated rings. The Balaban J connectivity index is 3.20. The molecular weight excluding hydrogens is 234 g/mol. The van der Waals surface area contributed by atoms with Gasteiger partial charge in [-0.15, -0.1) is 0 Å². The summed E-state index contributed by atoms with van der Waals surface area (Å²) in [6.07, 6.45) is -0.323. The maximum atomic E-state index is 12.9. The Kier molecular flexibility index (Phi) is 3.72. The van der Waals surface area contributed by atoms with Crippen molar-refractivity contribution in [1.82, 2.24) is 0 Å². The van der Waals surface area contributed by atoms with Gasteiger partial charge in [0.2, 0.25) is 5.91 Å². The number of benzene rings is 1. The van der Waals surface area contributed by atoms with Gasteiger partial charge in [-0.05, 0) is 6.07 Å². The van der Waals surface area contributed by atoms with Gasteiger partial charge in [0.1, 0.15) is 5.56 Å². The fourth-order valence-electron chi connectivity index (χ4n) is 1.01. The average Bonchev–Trinajstić information content (AvgIpc) is 2.22. The molecule has 88 valence electrons. The van der Waals surface area contributed by atoms with Crippen molar-refractivity contribution in [2.24, 2.45) is 5.73 Å². The lowest BCUT2D eigenvalue weighted by Gasteiger charge is -1.97. The fourth-order valence-corrected chi connectivity index (χ4v) is 1.01. The third-order valence-corrected chi connectivity index (χ3v) is 1.72. The van der Waals surface area contributed by atoms with Crippen LogP contribution >= 0.6 is 0 Å². The van der Waals surface area contributed by atoms with Gasteiger partial charge in [-0.1, -0.05) is 11.8 Å². The zero-order chi connectivity index (χ0) is 13.0. The predicted octanol–water partition coefficient (Wildman–Crippen LogP) is 1.10. The van der Waals surface area contributed by atoms with E-state index in [0.717, 1.165) is 0 Å². The number of hydrogen-bond acceptors (Lipinski definition) is 3. The molecule has 0 bridgehead atoms. The van der Waals surface area contributed by atoms with E-state index in [9.17, 15) is 23.7 Å². The van der Waals surface area contributed by atoms with E-state index in [4.69, 9.17) is 5.73 Å². The number of amides is 1. The molecule has 0 aliphatic heterocycles. The first-order chi connectivity index (χ1) is 7.91. The van der Waals surface area contributed by atoms with Crippen LogP contribution in [0.15, 0.2) is 12.1 Å². The molecule has 17 heavy (non-hydrogen) atoms. The molecule has 0 saturated carbocycles. The van der Waals surface area contributed by atoms with Crippen molar-refractivity contribution in [3.63, 3.8) is 0 Å². The highest BCUT2D eigenvalue weighted by Crippen LogP contribution is 2.21. The first-order valence-electron chi connectivity index (χ1n) is 4.32. The third kappa shape index (κ3) is 3.24. The summed E-state index contributed by atoms with van der Waals surface area (Å²) in [5.41, 5.74) is 3.82. The van der Waals surface area contributed by atoms with E-state index in [1.807, 2.05) is 0 Å². The Labute approximate surface area is 94.4 Å². The SMILES string of the molecule is NC(=O)CC#Cc1cc(F)c(F)cc1[N+](=O)[O-]. The van der Waals surface area contributed by atoms with Crippen molar-refractivity contribution < 1.29 is 18.5 Å². The summed E-state index contributed by atoms with van der Waals surface area (Å²) in [7, 11) is 0. The van der Waals surface area contributed by atoms with Crippen LogP contribution in [0, 0.1) is 33.6 Å². The summed E-state index contributed by atoms with van der Waals surface area (Å²) in [4.78, 5) is 20.0. The zero-order valence-corrected chi connectivity index (χ0v) is 8.37. The lowest BCUT2D eigenvalue weighted by Crippen LogP contribution is -2.08. The van der Waals surface area contributed by atoms with E-state index >= 15 is 0 Å². The molecule has 0 saturated heterocycles. The minimum absolute atomic E-state index is 0.310. The molecule has 7 heteroatoms. The molecule has 1 aromatic carbocycles. The number of nitro benzene ring substituents is 1. The normalized spacial score (nSPS) is 9.29. The van der Waals surface area contributed by atoms with Crippen LogP contribution in [0.2, 0.25) is 0 Å². The van der Waals surface area contributed by atoms with Crippen molar-refractivity contribution in [3.8, 4) is 11.8 Å². The number of hydrogen-bond donors (Lipinski definition) is 1. The first kappa shape index (κ1) is 12.6. The lowest BCUT2D eigenvalue weighted by atomic mass is 10.1. The van der Waals surface area contributed by atoms with E-state index in [2.05, 4.69) is 11.8 Å². The van der Waals surface area contributed by atoms with Crippen LogP contribution in [-0.4, -0.2) is 10.8 Å². The fraction of sp³-hybridized carbons (Fsp3) is 0.100. The number of nitrogens with two attached hydrogens (primary N) is 1. The second kappa shape index (κ2) is 5.03. The number of rotatable bonds is 2. The predicted molar refractivity (Wildman–Crippen MR) is 53.7 cm³/mol. The lowest BCUT2D eigenvalue weighted by molar-refractivity contribution is -0.385. The highest BCUT2D eigenvalue weighted by atomic mass is 19.2. The molecule has 1 amide bonds. The van der Waals surface area contributed by atoms with Gasteiger partial charge in [0, 0.05) is 0 Å². The zero-order valence-electron chi connectivity index (χ0n) is 8.37. The van der Waals surface area contributed by atoms with Crippen molar-refractivity contribution in [1.29, 1.82) is 0 Å². The molecule has 1 rings (SSSR count). The van der Waals surface area contributed by atoms with Crippen molar-refractivity contribution >= 4 is 11.6 Å². The highest BCUT2D eigenvalue weighted by Gasteiger charge is 2.17. The summed E-state index contributed by atoms with van der Waals surface area (Å²) < 4.78 is 25.6. The smallest absolute Gasteiger partial charge is 0.288 e. The molecule has 1 aromatic rings. The molecular formula is C10H6F2N2O3. The van der Waals surface area contributed by atoms with Crippen molar-refractivity contribution in [3.05, 3.63) is 39.4 Å². The van der Waals surface area contributed by atoms with Crippen molar-refractivity contribution in [2.45, 2.75) is 6.42 Å². The standard InChI is InChI=1S/C10H6F2N2O3/c11-7-4-6(2-1-3-10(13)15)9(14(16)17)5-8(7)12/h4-5H,3H2,(H2,13,15). The summed E-state index contributed by atoms with van der Waals surface area (Å²) in [6, 6.07) is 1.03. The molecule has 0 aliphatic carbocycles. The summed E-state index contributed by atoms with van der Waals surface area (Å²) >= 11 is 0. The maximum absolute atomic E-state index is 12.9. The minimum atomic E-state index is -1.34. The number of carbonyl (C=O) groups is 1. The molecule has 0 spiro atoms. The Morgan fingerprint density at radius 3 is 2.53 bits per heavy atom. The van der Waals surface area contributed by atoms with Gasteiger partial charge >= 0.3 is 0 Å². The van der Waals surface area contributed by atoms with E-state index < -0.39 is 28.2 Å². The average molecular weight is 240 g/mol. The van der Waals surface area contributed by atoms with Gasteiger partial charge in [-0.2, -0.15) is 0 Å². The maximum Gasteiger partial charge on any atom is 0.288 e. The van der Waals surface area contributed by atoms with E-state index in [0.29, 0.717) is 12.1 Å². The van der Waals surface area contributed by atoms with Gasteiger partial charge in [-0.25, -0.2) is 8.78 Å². The van der Waals surface area contributed by atoms with Crippen LogP contribution < -0.4 is 5.73 Å². The molecule has 0 atom stereocenters. The van der Waals surface area contributed by atoms with Gasteiger partial charge in [0.15, 0.2) is 11.6 Å². The number of primary amides is 1. The quantitative estimate of drug-likeness (QED) is 0.477. The van der Waals surface area contributed by atoms with Crippen LogP contribution in [-0.2, 0) is 4.79 Å². The Bertz CT molecular complexity index is 546. The van der Waals surface area contributed by atoms with Gasteiger partial charge in [0.25, 0.3) is 5.69 Å². The molecule has 0 heterocycles. The molecule has 0 radical (unpaired) electrons. The van der Waals surface area contributed by atoms with E-state index in [1.165, 1.54) is 0 Å². The molecule has 0 aliphatic rings. The molecule has 0 unspecified atom stereocenters. The molecule has 0 aromatic heterocycles. The largest absolute Gasteiger partial charge is 0.369 e. The Hall–Kier alpha value is -2.49. The Morgan fingerprint density at radius 1 is 1.41 bits per heavy atom.